The van der Waals surface area contributed by atoms with Crippen molar-refractivity contribution in [2.45, 2.75) is 38.5 Å². The summed E-state index contributed by atoms with van der Waals surface area (Å²) in [5.74, 6) is 0. The first kappa shape index (κ1) is 23.1. The van der Waals surface area contributed by atoms with E-state index in [9.17, 15) is 0 Å². The molecule has 3 aromatic carbocycles. The van der Waals surface area contributed by atoms with Gasteiger partial charge in [0, 0.05) is 41.1 Å². The molecular formula is C33H35N2+. The topological polar surface area (TPSA) is 6.25 Å². The monoisotopic (exact) mass is 459 g/mol. The maximum Gasteiger partial charge on any atom is 0.210 e. The standard InChI is InChI=1S/C33H35N2/c1-7-22-34-27-17-12-11-16-26(27)32(3,4)29(34)18-13-19-30-33(5,6)31-25-15-10-9-14-24(25)20-21-28(31)35(30)23-8-2/h7-21H,1-2,22-23H2,3-6H3/q+1. The van der Waals surface area contributed by atoms with Crippen LogP contribution in [0.5, 0.6) is 0 Å². The molecule has 2 nitrogen and oxygen atoms in total. The smallest absolute Gasteiger partial charge is 0.210 e. The molecule has 2 aliphatic heterocycles. The number of fused-ring (bicyclic) bond motifs is 4. The zero-order valence-corrected chi connectivity index (χ0v) is 21.4. The van der Waals surface area contributed by atoms with Crippen LogP contribution in [-0.2, 0) is 10.8 Å². The summed E-state index contributed by atoms with van der Waals surface area (Å²) in [6.07, 6.45) is 10.8. The highest BCUT2D eigenvalue weighted by Gasteiger charge is 2.45. The van der Waals surface area contributed by atoms with Gasteiger partial charge in [-0.05, 0) is 54.5 Å². The van der Waals surface area contributed by atoms with Crippen LogP contribution in [0, 0.1) is 0 Å². The molecule has 0 N–H and O–H groups in total. The Morgan fingerprint density at radius 1 is 0.857 bits per heavy atom. The Balaban J connectivity index is 1.61. The van der Waals surface area contributed by atoms with Crippen LogP contribution in [0.4, 0.5) is 11.4 Å². The average Bonchev–Trinajstić information content (AvgIpc) is 3.19. The van der Waals surface area contributed by atoms with Gasteiger partial charge >= 0.3 is 0 Å². The number of allylic oxidation sites excluding steroid dienone is 4. The lowest BCUT2D eigenvalue weighted by Gasteiger charge is -2.26. The normalized spacial score (nSPS) is 19.0. The Morgan fingerprint density at radius 2 is 1.60 bits per heavy atom. The molecular weight excluding hydrogens is 424 g/mol. The fourth-order valence-electron chi connectivity index (χ4n) is 6.06. The molecule has 0 saturated carbocycles. The van der Waals surface area contributed by atoms with E-state index in [-0.39, 0.29) is 10.8 Å². The number of para-hydroxylation sites is 1. The summed E-state index contributed by atoms with van der Waals surface area (Å²) in [7, 11) is 0. The molecule has 2 heterocycles. The molecule has 0 saturated heterocycles. The maximum atomic E-state index is 4.05. The van der Waals surface area contributed by atoms with Crippen LogP contribution in [0.3, 0.4) is 0 Å². The second-order valence-corrected chi connectivity index (χ2v) is 10.5. The Morgan fingerprint density at radius 3 is 2.37 bits per heavy atom. The van der Waals surface area contributed by atoms with Gasteiger partial charge in [0.25, 0.3) is 0 Å². The van der Waals surface area contributed by atoms with Gasteiger partial charge in [-0.2, -0.15) is 4.58 Å². The van der Waals surface area contributed by atoms with Gasteiger partial charge in [0.1, 0.15) is 0 Å². The zero-order valence-electron chi connectivity index (χ0n) is 21.4. The highest BCUT2D eigenvalue weighted by Crippen LogP contribution is 2.48. The first-order valence-electron chi connectivity index (χ1n) is 12.5. The molecule has 0 unspecified atom stereocenters. The van der Waals surface area contributed by atoms with E-state index in [0.717, 1.165) is 13.1 Å². The molecule has 0 radical (unpaired) electrons. The number of hydrogen-bond donors (Lipinski definition) is 0. The molecule has 0 aromatic heterocycles. The van der Waals surface area contributed by atoms with Crippen molar-refractivity contribution in [2.75, 3.05) is 18.0 Å². The molecule has 3 aromatic rings. The van der Waals surface area contributed by atoms with E-state index in [1.807, 2.05) is 12.2 Å². The summed E-state index contributed by atoms with van der Waals surface area (Å²) >= 11 is 0. The molecule has 0 aliphatic carbocycles. The van der Waals surface area contributed by atoms with Gasteiger partial charge in [0.15, 0.2) is 12.3 Å². The Kier molecular flexibility index (Phi) is 5.63. The van der Waals surface area contributed by atoms with Gasteiger partial charge in [-0.1, -0.05) is 75.0 Å². The third kappa shape index (κ3) is 3.51. The Labute approximate surface area is 209 Å². The molecule has 0 bridgehead atoms. The predicted molar refractivity (Wildman–Crippen MR) is 151 cm³/mol. The van der Waals surface area contributed by atoms with E-state index in [1.54, 1.807) is 0 Å². The second-order valence-electron chi connectivity index (χ2n) is 10.5. The van der Waals surface area contributed by atoms with Crippen LogP contribution in [0.15, 0.2) is 110 Å². The highest BCUT2D eigenvalue weighted by atomic mass is 15.2. The number of nitrogens with zero attached hydrogens (tertiary/aromatic N) is 2. The Hall–Kier alpha value is -3.65. The lowest BCUT2D eigenvalue weighted by Crippen LogP contribution is -2.28. The fourth-order valence-corrected chi connectivity index (χ4v) is 6.06. The molecule has 176 valence electrons. The van der Waals surface area contributed by atoms with Crippen LogP contribution >= 0.6 is 0 Å². The molecule has 2 heteroatoms. The molecule has 0 fully saturated rings. The molecule has 0 spiro atoms. The van der Waals surface area contributed by atoms with Crippen molar-refractivity contribution in [3.05, 3.63) is 121 Å². The average molecular weight is 460 g/mol. The van der Waals surface area contributed by atoms with E-state index in [0.29, 0.717) is 0 Å². The van der Waals surface area contributed by atoms with E-state index in [1.165, 1.54) is 44.7 Å². The minimum absolute atomic E-state index is 0.0697. The fraction of sp³-hybridized carbons (Fsp3) is 0.242. The van der Waals surface area contributed by atoms with Crippen LogP contribution in [0.1, 0.15) is 38.8 Å². The molecule has 2 aliphatic rings. The van der Waals surface area contributed by atoms with Crippen molar-refractivity contribution in [3.63, 3.8) is 0 Å². The van der Waals surface area contributed by atoms with Crippen molar-refractivity contribution >= 4 is 27.9 Å². The van der Waals surface area contributed by atoms with Crippen molar-refractivity contribution in [3.8, 4) is 0 Å². The van der Waals surface area contributed by atoms with Crippen molar-refractivity contribution in [2.24, 2.45) is 0 Å². The molecule has 35 heavy (non-hydrogen) atoms. The summed E-state index contributed by atoms with van der Waals surface area (Å²) in [6.45, 7) is 18.9. The van der Waals surface area contributed by atoms with Crippen LogP contribution < -0.4 is 4.90 Å². The summed E-state index contributed by atoms with van der Waals surface area (Å²) in [4.78, 5) is 2.39. The maximum absolute atomic E-state index is 4.05. The summed E-state index contributed by atoms with van der Waals surface area (Å²) < 4.78 is 2.42. The minimum atomic E-state index is -0.122. The van der Waals surface area contributed by atoms with E-state index in [2.05, 4.69) is 129 Å². The number of benzene rings is 3. The van der Waals surface area contributed by atoms with E-state index < -0.39 is 0 Å². The van der Waals surface area contributed by atoms with Crippen LogP contribution in [-0.4, -0.2) is 23.4 Å². The highest BCUT2D eigenvalue weighted by molar-refractivity contribution is 6.07. The van der Waals surface area contributed by atoms with Crippen molar-refractivity contribution in [1.29, 1.82) is 0 Å². The number of rotatable bonds is 6. The molecule has 5 rings (SSSR count). The quantitative estimate of drug-likeness (QED) is 0.269. The van der Waals surface area contributed by atoms with Crippen molar-refractivity contribution < 1.29 is 4.58 Å². The number of anilines is 1. The molecule has 0 atom stereocenters. The number of hydrogen-bond acceptors (Lipinski definition) is 1. The first-order chi connectivity index (χ1) is 16.8. The van der Waals surface area contributed by atoms with E-state index >= 15 is 0 Å². The van der Waals surface area contributed by atoms with Crippen LogP contribution in [0.2, 0.25) is 0 Å². The zero-order chi connectivity index (χ0) is 24.8. The summed E-state index contributed by atoms with van der Waals surface area (Å²) in [5, 5.41) is 2.62. The van der Waals surface area contributed by atoms with Gasteiger partial charge in [0.2, 0.25) is 5.69 Å². The van der Waals surface area contributed by atoms with Crippen molar-refractivity contribution in [1.82, 2.24) is 0 Å². The van der Waals surface area contributed by atoms with Gasteiger partial charge in [-0.15, -0.1) is 6.58 Å². The first-order valence-corrected chi connectivity index (χ1v) is 12.5. The van der Waals surface area contributed by atoms with Gasteiger partial charge in [-0.25, -0.2) is 0 Å². The lowest BCUT2D eigenvalue weighted by atomic mass is 9.79. The third-order valence-electron chi connectivity index (χ3n) is 7.68. The molecule has 0 amide bonds. The predicted octanol–water partition coefficient (Wildman–Crippen LogP) is 7.83. The summed E-state index contributed by atoms with van der Waals surface area (Å²) in [6, 6.07) is 21.9. The lowest BCUT2D eigenvalue weighted by molar-refractivity contribution is -0.425. The minimum Gasteiger partial charge on any atom is -0.340 e. The van der Waals surface area contributed by atoms with Gasteiger partial charge in [-0.3, -0.25) is 0 Å². The van der Waals surface area contributed by atoms with Crippen LogP contribution in [0.25, 0.3) is 10.8 Å². The largest absolute Gasteiger partial charge is 0.340 e. The van der Waals surface area contributed by atoms with E-state index in [4.69, 9.17) is 0 Å². The van der Waals surface area contributed by atoms with Gasteiger partial charge < -0.3 is 4.90 Å². The SMILES string of the molecule is C=CCN1C(=CC=CC2=[N+](CC=C)c3ccc4ccccc4c3C2(C)C)C(C)(C)c2ccccc21. The van der Waals surface area contributed by atoms with Gasteiger partial charge in [0.05, 0.1) is 5.41 Å². The second kappa shape index (κ2) is 8.53. The summed E-state index contributed by atoms with van der Waals surface area (Å²) in [5.41, 5.74) is 7.71. The Bertz CT molecular complexity index is 1430. The third-order valence-corrected chi connectivity index (χ3v) is 7.68.